The number of carbonyl (C=O) groups excluding carboxylic acids is 2. The van der Waals surface area contributed by atoms with Crippen molar-refractivity contribution >= 4 is 23.4 Å². The summed E-state index contributed by atoms with van der Waals surface area (Å²) in [5, 5.41) is 11.2. The Labute approximate surface area is 186 Å². The summed E-state index contributed by atoms with van der Waals surface area (Å²) < 4.78 is 1.84. The smallest absolute Gasteiger partial charge is 0.235 e. The fraction of sp³-hybridized carbons (Fsp3) is 0.292. The van der Waals surface area contributed by atoms with Gasteiger partial charge in [0.2, 0.25) is 11.8 Å². The van der Waals surface area contributed by atoms with Crippen molar-refractivity contribution in [1.29, 1.82) is 0 Å². The number of nitrogens with zero attached hydrogens (tertiary/aromatic N) is 2. The first-order valence-electron chi connectivity index (χ1n) is 10.4. The molecular weight excluding hydrogens is 412 g/mol. The Morgan fingerprint density at radius 3 is 2.65 bits per heavy atom. The van der Waals surface area contributed by atoms with Crippen LogP contribution in [0.2, 0.25) is 5.02 Å². The fourth-order valence-corrected chi connectivity index (χ4v) is 3.96. The van der Waals surface area contributed by atoms with Crippen molar-refractivity contribution in [1.82, 2.24) is 20.4 Å². The molecule has 1 unspecified atom stereocenters. The Kier molecular flexibility index (Phi) is 6.09. The maximum Gasteiger partial charge on any atom is 0.235 e. The molecule has 2 heterocycles. The third-order valence-electron chi connectivity index (χ3n) is 5.75. The van der Waals surface area contributed by atoms with Gasteiger partial charge in [0.1, 0.15) is 5.41 Å². The van der Waals surface area contributed by atoms with E-state index < -0.39 is 5.41 Å². The maximum atomic E-state index is 12.7. The van der Waals surface area contributed by atoms with Crippen LogP contribution >= 0.6 is 11.6 Å². The number of benzene rings is 2. The van der Waals surface area contributed by atoms with Gasteiger partial charge in [-0.15, -0.1) is 0 Å². The van der Waals surface area contributed by atoms with Gasteiger partial charge in [-0.1, -0.05) is 41.9 Å². The van der Waals surface area contributed by atoms with E-state index in [4.69, 9.17) is 16.7 Å². The molecule has 0 saturated carbocycles. The second-order valence-electron chi connectivity index (χ2n) is 7.99. The number of hydrogen-bond donors (Lipinski definition) is 2. The van der Waals surface area contributed by atoms with Crippen LogP contribution in [-0.4, -0.2) is 34.7 Å². The van der Waals surface area contributed by atoms with Crippen LogP contribution in [0.4, 0.5) is 0 Å². The molecule has 3 aromatic rings. The molecule has 1 saturated heterocycles. The molecule has 2 N–H and O–H groups in total. The van der Waals surface area contributed by atoms with Crippen LogP contribution in [0.15, 0.2) is 60.8 Å². The summed E-state index contributed by atoms with van der Waals surface area (Å²) in [6.07, 6.45) is 3.95. The average molecular weight is 437 g/mol. The summed E-state index contributed by atoms with van der Waals surface area (Å²) in [5.41, 5.74) is 2.75. The SMILES string of the molecule is CC1(C(=O)NCCc2cn(-c3ccccc3)nc2-c2ccc(Cl)cc2)CCCNC1=O. The van der Waals surface area contributed by atoms with Gasteiger partial charge in [0.05, 0.1) is 11.4 Å². The Morgan fingerprint density at radius 1 is 1.19 bits per heavy atom. The van der Waals surface area contributed by atoms with Crippen LogP contribution in [0.3, 0.4) is 0 Å². The lowest BCUT2D eigenvalue weighted by Crippen LogP contribution is -2.53. The fourth-order valence-electron chi connectivity index (χ4n) is 3.83. The van der Waals surface area contributed by atoms with Crippen LogP contribution in [0.1, 0.15) is 25.3 Å². The Morgan fingerprint density at radius 2 is 1.94 bits per heavy atom. The number of carbonyl (C=O) groups is 2. The minimum Gasteiger partial charge on any atom is -0.355 e. The van der Waals surface area contributed by atoms with Gasteiger partial charge in [-0.2, -0.15) is 5.10 Å². The van der Waals surface area contributed by atoms with Crippen LogP contribution in [0, 0.1) is 5.41 Å². The molecule has 0 bridgehead atoms. The largest absolute Gasteiger partial charge is 0.355 e. The van der Waals surface area contributed by atoms with Gasteiger partial charge in [0.15, 0.2) is 0 Å². The van der Waals surface area contributed by atoms with Gasteiger partial charge in [0, 0.05) is 35.4 Å². The molecule has 6 nitrogen and oxygen atoms in total. The monoisotopic (exact) mass is 436 g/mol. The normalized spacial score (nSPS) is 18.5. The van der Waals surface area contributed by atoms with Gasteiger partial charge in [-0.3, -0.25) is 9.59 Å². The highest BCUT2D eigenvalue weighted by molar-refractivity contribution is 6.30. The standard InChI is InChI=1S/C24H25ClN4O2/c1-24(13-5-14-26-22(24)30)23(31)27-15-12-18-16-29(20-6-3-2-4-7-20)28-21(18)17-8-10-19(25)11-9-17/h2-4,6-11,16H,5,12-15H2,1H3,(H,26,30)(H,27,31). The molecule has 1 fully saturated rings. The van der Waals surface area contributed by atoms with E-state index in [1.54, 1.807) is 6.92 Å². The van der Waals surface area contributed by atoms with Crippen molar-refractivity contribution in [2.24, 2.45) is 5.41 Å². The third kappa shape index (κ3) is 4.49. The quantitative estimate of drug-likeness (QED) is 0.577. The molecule has 2 aromatic carbocycles. The molecule has 160 valence electrons. The molecular formula is C24H25ClN4O2. The highest BCUT2D eigenvalue weighted by Crippen LogP contribution is 2.28. The number of nitrogens with one attached hydrogen (secondary N) is 2. The number of aromatic nitrogens is 2. The van der Waals surface area contributed by atoms with Gasteiger partial charge in [0.25, 0.3) is 0 Å². The van der Waals surface area contributed by atoms with Gasteiger partial charge < -0.3 is 10.6 Å². The van der Waals surface area contributed by atoms with Crippen LogP contribution in [0.25, 0.3) is 16.9 Å². The number of halogens is 1. The molecule has 1 aromatic heterocycles. The van der Waals surface area contributed by atoms with Crippen molar-refractivity contribution in [3.05, 3.63) is 71.4 Å². The number of amides is 2. The molecule has 31 heavy (non-hydrogen) atoms. The first-order valence-corrected chi connectivity index (χ1v) is 10.8. The van der Waals surface area contributed by atoms with Crippen molar-refractivity contribution in [3.63, 3.8) is 0 Å². The zero-order chi connectivity index (χ0) is 21.8. The summed E-state index contributed by atoms with van der Waals surface area (Å²) in [6.45, 7) is 2.76. The predicted molar refractivity (Wildman–Crippen MR) is 121 cm³/mol. The molecule has 4 rings (SSSR count). The summed E-state index contributed by atoms with van der Waals surface area (Å²) in [6, 6.07) is 17.4. The number of piperidine rings is 1. The van der Waals surface area contributed by atoms with E-state index in [2.05, 4.69) is 10.6 Å². The van der Waals surface area contributed by atoms with E-state index in [0.29, 0.717) is 31.0 Å². The van der Waals surface area contributed by atoms with Crippen molar-refractivity contribution < 1.29 is 9.59 Å². The van der Waals surface area contributed by atoms with E-state index >= 15 is 0 Å². The van der Waals surface area contributed by atoms with E-state index in [-0.39, 0.29) is 11.8 Å². The predicted octanol–water partition coefficient (Wildman–Crippen LogP) is 3.77. The van der Waals surface area contributed by atoms with Crippen LogP contribution in [-0.2, 0) is 16.0 Å². The molecule has 1 aliphatic heterocycles. The molecule has 7 heteroatoms. The van der Waals surface area contributed by atoms with Crippen molar-refractivity contribution in [2.75, 3.05) is 13.1 Å². The zero-order valence-electron chi connectivity index (χ0n) is 17.4. The molecule has 0 aliphatic carbocycles. The van der Waals surface area contributed by atoms with Crippen molar-refractivity contribution in [2.45, 2.75) is 26.2 Å². The Hall–Kier alpha value is -3.12. The molecule has 1 atom stereocenters. The first kappa shape index (κ1) is 21.1. The number of hydrogen-bond acceptors (Lipinski definition) is 3. The minimum atomic E-state index is -1.01. The third-order valence-corrected chi connectivity index (χ3v) is 6.00. The van der Waals surface area contributed by atoms with E-state index in [1.165, 1.54) is 0 Å². The summed E-state index contributed by atoms with van der Waals surface area (Å²) in [4.78, 5) is 25.0. The van der Waals surface area contributed by atoms with Gasteiger partial charge >= 0.3 is 0 Å². The lowest BCUT2D eigenvalue weighted by atomic mass is 9.81. The molecule has 2 amide bonds. The highest BCUT2D eigenvalue weighted by atomic mass is 35.5. The molecule has 0 radical (unpaired) electrons. The topological polar surface area (TPSA) is 76.0 Å². The average Bonchev–Trinajstić information content (AvgIpc) is 3.21. The Bertz CT molecular complexity index is 1080. The molecule has 0 spiro atoms. The number of para-hydroxylation sites is 1. The summed E-state index contributed by atoms with van der Waals surface area (Å²) in [5.74, 6) is -0.428. The van der Waals surface area contributed by atoms with Crippen LogP contribution in [0.5, 0.6) is 0 Å². The van der Waals surface area contributed by atoms with E-state index in [9.17, 15) is 9.59 Å². The van der Waals surface area contributed by atoms with Crippen molar-refractivity contribution in [3.8, 4) is 16.9 Å². The highest BCUT2D eigenvalue weighted by Gasteiger charge is 2.42. The van der Waals surface area contributed by atoms with E-state index in [1.807, 2.05) is 65.5 Å². The number of rotatable bonds is 6. The first-order chi connectivity index (χ1) is 15.0. The second kappa shape index (κ2) is 8.94. The lowest BCUT2D eigenvalue weighted by Gasteiger charge is -2.31. The zero-order valence-corrected chi connectivity index (χ0v) is 18.2. The lowest BCUT2D eigenvalue weighted by molar-refractivity contribution is -0.144. The summed E-state index contributed by atoms with van der Waals surface area (Å²) in [7, 11) is 0. The summed E-state index contributed by atoms with van der Waals surface area (Å²) >= 11 is 6.05. The maximum absolute atomic E-state index is 12.7. The van der Waals surface area contributed by atoms with Crippen LogP contribution < -0.4 is 10.6 Å². The Balaban J connectivity index is 1.54. The van der Waals surface area contributed by atoms with E-state index in [0.717, 1.165) is 28.9 Å². The van der Waals surface area contributed by atoms with Gasteiger partial charge in [-0.25, -0.2) is 4.68 Å². The minimum absolute atomic E-state index is 0.199. The molecule has 1 aliphatic rings. The van der Waals surface area contributed by atoms with Gasteiger partial charge in [-0.05, 0) is 50.5 Å². The second-order valence-corrected chi connectivity index (χ2v) is 8.42.